The van der Waals surface area contributed by atoms with E-state index < -0.39 is 5.82 Å². The predicted octanol–water partition coefficient (Wildman–Crippen LogP) is 0.804. The van der Waals surface area contributed by atoms with Gasteiger partial charge in [-0.2, -0.15) is 0 Å². The molecule has 0 spiro atoms. The first kappa shape index (κ1) is 16.9. The first-order valence-electron chi connectivity index (χ1n) is 6.66. The standard InChI is InChI=1S/C14H21FN4O2/c1-17-14(21)9-19(2)7-3-4-13(20)18-10-5-6-11(15)12(16)8-10/h5-6,8H,3-4,7,9,16H2,1-2H3,(H,17,21)(H,18,20). The van der Waals surface area contributed by atoms with Crippen molar-refractivity contribution in [3.05, 3.63) is 24.0 Å². The Morgan fingerprint density at radius 1 is 1.33 bits per heavy atom. The van der Waals surface area contributed by atoms with E-state index in [0.717, 1.165) is 0 Å². The van der Waals surface area contributed by atoms with Crippen molar-refractivity contribution in [2.45, 2.75) is 12.8 Å². The predicted molar refractivity (Wildman–Crippen MR) is 80.2 cm³/mol. The van der Waals surface area contributed by atoms with Crippen LogP contribution in [0.2, 0.25) is 0 Å². The molecule has 1 aromatic carbocycles. The fourth-order valence-corrected chi connectivity index (χ4v) is 1.76. The lowest BCUT2D eigenvalue weighted by Gasteiger charge is -2.15. The van der Waals surface area contributed by atoms with Crippen molar-refractivity contribution in [3.8, 4) is 0 Å². The van der Waals surface area contributed by atoms with E-state index in [-0.39, 0.29) is 17.5 Å². The van der Waals surface area contributed by atoms with E-state index in [1.807, 2.05) is 11.9 Å². The SMILES string of the molecule is CNC(=O)CN(C)CCCC(=O)Nc1ccc(F)c(N)c1. The third-order valence-electron chi connectivity index (χ3n) is 2.92. The summed E-state index contributed by atoms with van der Waals surface area (Å²) in [6, 6.07) is 4.05. The molecule has 0 heterocycles. The van der Waals surface area contributed by atoms with Crippen molar-refractivity contribution in [1.82, 2.24) is 10.2 Å². The third-order valence-corrected chi connectivity index (χ3v) is 2.92. The summed E-state index contributed by atoms with van der Waals surface area (Å²) in [4.78, 5) is 24.7. The lowest BCUT2D eigenvalue weighted by atomic mass is 10.2. The Morgan fingerprint density at radius 2 is 2.05 bits per heavy atom. The molecule has 0 saturated carbocycles. The largest absolute Gasteiger partial charge is 0.396 e. The van der Waals surface area contributed by atoms with Crippen LogP contribution in [0.4, 0.5) is 15.8 Å². The molecule has 0 aliphatic carbocycles. The average molecular weight is 296 g/mol. The Labute approximate surface area is 123 Å². The molecule has 0 aliphatic rings. The number of benzene rings is 1. The number of hydrogen-bond acceptors (Lipinski definition) is 4. The first-order chi connectivity index (χ1) is 9.92. The molecule has 0 aliphatic heterocycles. The molecule has 0 aromatic heterocycles. The first-order valence-corrected chi connectivity index (χ1v) is 6.66. The van der Waals surface area contributed by atoms with Crippen LogP contribution >= 0.6 is 0 Å². The lowest BCUT2D eigenvalue weighted by molar-refractivity contribution is -0.121. The smallest absolute Gasteiger partial charge is 0.233 e. The summed E-state index contributed by atoms with van der Waals surface area (Å²) in [5.74, 6) is -0.748. The molecule has 0 fully saturated rings. The number of nitrogens with zero attached hydrogens (tertiary/aromatic N) is 1. The minimum atomic E-state index is -0.510. The molecule has 7 heteroatoms. The Morgan fingerprint density at radius 3 is 2.67 bits per heavy atom. The molecule has 0 unspecified atom stereocenters. The summed E-state index contributed by atoms with van der Waals surface area (Å²) in [7, 11) is 3.39. The number of nitrogens with one attached hydrogen (secondary N) is 2. The normalized spacial score (nSPS) is 10.5. The van der Waals surface area contributed by atoms with Gasteiger partial charge in [0.1, 0.15) is 5.82 Å². The third kappa shape index (κ3) is 6.22. The fourth-order valence-electron chi connectivity index (χ4n) is 1.76. The minimum Gasteiger partial charge on any atom is -0.396 e. The monoisotopic (exact) mass is 296 g/mol. The highest BCUT2D eigenvalue weighted by Crippen LogP contribution is 2.16. The van der Waals surface area contributed by atoms with Crippen molar-refractivity contribution >= 4 is 23.2 Å². The second kappa shape index (κ2) is 8.21. The number of halogens is 1. The molecule has 0 radical (unpaired) electrons. The number of carbonyl (C=O) groups excluding carboxylic acids is 2. The number of anilines is 2. The van der Waals surface area contributed by atoms with Crippen molar-refractivity contribution in [1.29, 1.82) is 0 Å². The van der Waals surface area contributed by atoms with Crippen LogP contribution in [0, 0.1) is 5.82 Å². The van der Waals surface area contributed by atoms with Gasteiger partial charge in [-0.1, -0.05) is 0 Å². The van der Waals surface area contributed by atoms with Gasteiger partial charge in [0.25, 0.3) is 0 Å². The van der Waals surface area contributed by atoms with Crippen LogP contribution in [0.25, 0.3) is 0 Å². The maximum atomic E-state index is 13.0. The highest BCUT2D eigenvalue weighted by atomic mass is 19.1. The molecule has 21 heavy (non-hydrogen) atoms. The van der Waals surface area contributed by atoms with E-state index in [2.05, 4.69) is 10.6 Å². The zero-order valence-corrected chi connectivity index (χ0v) is 12.3. The Bertz CT molecular complexity index is 508. The van der Waals surface area contributed by atoms with Crippen LogP contribution in [-0.4, -0.2) is 43.9 Å². The van der Waals surface area contributed by atoms with E-state index >= 15 is 0 Å². The summed E-state index contributed by atoms with van der Waals surface area (Å²) < 4.78 is 13.0. The van der Waals surface area contributed by atoms with Crippen LogP contribution in [0.1, 0.15) is 12.8 Å². The van der Waals surface area contributed by atoms with E-state index in [1.165, 1.54) is 18.2 Å². The molecular weight excluding hydrogens is 275 g/mol. The fraction of sp³-hybridized carbons (Fsp3) is 0.429. The Kier molecular flexibility index (Phi) is 6.61. The Hall–Kier alpha value is -2.15. The van der Waals surface area contributed by atoms with Gasteiger partial charge in [0.2, 0.25) is 11.8 Å². The maximum Gasteiger partial charge on any atom is 0.233 e. The zero-order chi connectivity index (χ0) is 15.8. The molecule has 2 amide bonds. The van der Waals surface area contributed by atoms with Gasteiger partial charge in [-0.25, -0.2) is 4.39 Å². The number of nitrogens with two attached hydrogens (primary N) is 1. The van der Waals surface area contributed by atoms with Gasteiger partial charge >= 0.3 is 0 Å². The molecule has 6 nitrogen and oxygen atoms in total. The zero-order valence-electron chi connectivity index (χ0n) is 12.3. The molecule has 4 N–H and O–H groups in total. The van der Waals surface area contributed by atoms with Gasteiger partial charge in [0.15, 0.2) is 0 Å². The highest BCUT2D eigenvalue weighted by Gasteiger charge is 2.07. The molecule has 1 rings (SSSR count). The summed E-state index contributed by atoms with van der Waals surface area (Å²) in [6.45, 7) is 0.930. The van der Waals surface area contributed by atoms with Gasteiger partial charge in [-0.05, 0) is 38.2 Å². The molecule has 1 aromatic rings. The average Bonchev–Trinajstić information content (AvgIpc) is 2.42. The van der Waals surface area contributed by atoms with Crippen molar-refractivity contribution < 1.29 is 14.0 Å². The van der Waals surface area contributed by atoms with E-state index in [0.29, 0.717) is 31.6 Å². The molecule has 116 valence electrons. The van der Waals surface area contributed by atoms with Crippen LogP contribution in [-0.2, 0) is 9.59 Å². The number of amides is 2. The second-order valence-electron chi connectivity index (χ2n) is 4.80. The Balaban J connectivity index is 2.31. The molecular formula is C14H21FN4O2. The molecule has 0 atom stereocenters. The number of carbonyl (C=O) groups is 2. The summed E-state index contributed by atoms with van der Waals surface area (Å²) in [5.41, 5.74) is 5.89. The van der Waals surface area contributed by atoms with Crippen LogP contribution in [0.15, 0.2) is 18.2 Å². The maximum absolute atomic E-state index is 13.0. The van der Waals surface area contributed by atoms with Crippen LogP contribution in [0.3, 0.4) is 0 Å². The lowest BCUT2D eigenvalue weighted by Crippen LogP contribution is -2.33. The van der Waals surface area contributed by atoms with Crippen molar-refractivity contribution in [3.63, 3.8) is 0 Å². The minimum absolute atomic E-state index is 0.00175. The van der Waals surface area contributed by atoms with Crippen LogP contribution < -0.4 is 16.4 Å². The van der Waals surface area contributed by atoms with E-state index in [1.54, 1.807) is 7.05 Å². The molecule has 0 bridgehead atoms. The van der Waals surface area contributed by atoms with Gasteiger partial charge in [0, 0.05) is 19.2 Å². The van der Waals surface area contributed by atoms with Gasteiger partial charge < -0.3 is 16.4 Å². The quantitative estimate of drug-likeness (QED) is 0.650. The number of likely N-dealkylation sites (N-methyl/N-ethyl adjacent to an activating group) is 2. The van der Waals surface area contributed by atoms with E-state index in [9.17, 15) is 14.0 Å². The molecule has 0 saturated heterocycles. The summed E-state index contributed by atoms with van der Waals surface area (Å²) >= 11 is 0. The van der Waals surface area contributed by atoms with Crippen LogP contribution in [0.5, 0.6) is 0 Å². The van der Waals surface area contributed by atoms with Crippen molar-refractivity contribution in [2.75, 3.05) is 38.2 Å². The number of rotatable bonds is 7. The second-order valence-corrected chi connectivity index (χ2v) is 4.80. The highest BCUT2D eigenvalue weighted by molar-refractivity contribution is 5.91. The number of hydrogen-bond donors (Lipinski definition) is 3. The van der Waals surface area contributed by atoms with E-state index in [4.69, 9.17) is 5.73 Å². The summed E-state index contributed by atoms with van der Waals surface area (Å²) in [5, 5.41) is 5.19. The van der Waals surface area contributed by atoms with Crippen molar-refractivity contribution in [2.24, 2.45) is 0 Å². The van der Waals surface area contributed by atoms with Gasteiger partial charge in [-0.15, -0.1) is 0 Å². The topological polar surface area (TPSA) is 87.5 Å². The summed E-state index contributed by atoms with van der Waals surface area (Å²) in [6.07, 6.45) is 0.936. The number of nitrogen functional groups attached to an aromatic ring is 1. The van der Waals surface area contributed by atoms with Gasteiger partial charge in [-0.3, -0.25) is 14.5 Å². The van der Waals surface area contributed by atoms with Gasteiger partial charge in [0.05, 0.1) is 12.2 Å².